The Hall–Kier alpha value is -2.57. The van der Waals surface area contributed by atoms with Crippen molar-refractivity contribution >= 4 is 5.91 Å². The molecular weight excluding hydrogens is 346 g/mol. The predicted molar refractivity (Wildman–Crippen MR) is 96.2 cm³/mol. The molecule has 0 unspecified atom stereocenters. The van der Waals surface area contributed by atoms with Gasteiger partial charge in [0.1, 0.15) is 0 Å². The smallest absolute Gasteiger partial charge is 0.231 e. The van der Waals surface area contributed by atoms with E-state index in [9.17, 15) is 4.79 Å². The number of hydrogen-bond donors (Lipinski definition) is 0. The van der Waals surface area contributed by atoms with Crippen molar-refractivity contribution in [2.24, 2.45) is 17.8 Å². The second kappa shape index (κ2) is 6.25. The minimum Gasteiger partial charge on any atom is -0.454 e. The van der Waals surface area contributed by atoms with E-state index in [0.717, 1.165) is 30.6 Å². The summed E-state index contributed by atoms with van der Waals surface area (Å²) in [6.07, 6.45) is 3.34. The highest BCUT2D eigenvalue weighted by Gasteiger charge is 2.54. The van der Waals surface area contributed by atoms with Crippen LogP contribution in [-0.2, 0) is 4.79 Å². The van der Waals surface area contributed by atoms with Gasteiger partial charge in [0.15, 0.2) is 11.5 Å². The van der Waals surface area contributed by atoms with E-state index >= 15 is 0 Å². The van der Waals surface area contributed by atoms with E-state index in [1.54, 1.807) is 0 Å². The molecule has 0 spiro atoms. The van der Waals surface area contributed by atoms with Crippen LogP contribution in [0.2, 0.25) is 0 Å². The van der Waals surface area contributed by atoms with E-state index in [1.807, 2.05) is 37.1 Å². The number of aromatic nitrogens is 2. The lowest BCUT2D eigenvalue weighted by Gasteiger charge is -2.30. The van der Waals surface area contributed by atoms with Crippen molar-refractivity contribution in [1.82, 2.24) is 15.0 Å². The number of carbonyl (C=O) groups is 1. The lowest BCUT2D eigenvalue weighted by molar-refractivity contribution is -0.136. The molecule has 2 fully saturated rings. The zero-order valence-electron chi connectivity index (χ0n) is 15.6. The van der Waals surface area contributed by atoms with E-state index in [2.05, 4.69) is 10.1 Å². The van der Waals surface area contributed by atoms with Gasteiger partial charge in [0.05, 0.1) is 11.8 Å². The Labute approximate surface area is 157 Å². The van der Waals surface area contributed by atoms with Gasteiger partial charge in [-0.05, 0) is 56.2 Å². The third-order valence-electron chi connectivity index (χ3n) is 6.41. The molecule has 4 atom stereocenters. The quantitative estimate of drug-likeness (QED) is 0.824. The molecular formula is C20H23N3O4. The van der Waals surface area contributed by atoms with Gasteiger partial charge in [0, 0.05) is 19.2 Å². The highest BCUT2D eigenvalue weighted by atomic mass is 16.7. The third-order valence-corrected chi connectivity index (χ3v) is 6.41. The normalized spacial score (nSPS) is 27.9. The summed E-state index contributed by atoms with van der Waals surface area (Å²) < 4.78 is 16.5. The van der Waals surface area contributed by atoms with Crippen LogP contribution in [0.25, 0.3) is 11.4 Å². The van der Waals surface area contributed by atoms with Gasteiger partial charge in [0.25, 0.3) is 0 Å². The summed E-state index contributed by atoms with van der Waals surface area (Å²) in [5.74, 6) is 3.62. The second-order valence-corrected chi connectivity index (χ2v) is 7.76. The molecule has 2 bridgehead atoms. The minimum atomic E-state index is -0.0428. The van der Waals surface area contributed by atoms with E-state index in [0.29, 0.717) is 35.8 Å². The van der Waals surface area contributed by atoms with Crippen LogP contribution in [0, 0.1) is 17.8 Å². The zero-order valence-corrected chi connectivity index (χ0v) is 15.6. The Morgan fingerprint density at radius 3 is 2.89 bits per heavy atom. The van der Waals surface area contributed by atoms with Gasteiger partial charge >= 0.3 is 0 Å². The monoisotopic (exact) mass is 369 g/mol. The average molecular weight is 369 g/mol. The number of ether oxygens (including phenoxy) is 2. The fraction of sp³-hybridized carbons (Fsp3) is 0.550. The van der Waals surface area contributed by atoms with Crippen LogP contribution in [0.3, 0.4) is 0 Å². The Morgan fingerprint density at radius 1 is 1.22 bits per heavy atom. The van der Waals surface area contributed by atoms with Gasteiger partial charge in [-0.1, -0.05) is 5.16 Å². The van der Waals surface area contributed by atoms with E-state index < -0.39 is 0 Å². The van der Waals surface area contributed by atoms with Crippen LogP contribution in [0.4, 0.5) is 0 Å². The van der Waals surface area contributed by atoms with Crippen molar-refractivity contribution in [2.75, 3.05) is 20.4 Å². The summed E-state index contributed by atoms with van der Waals surface area (Å²) in [5, 5.41) is 4.19. The maximum absolute atomic E-state index is 13.0. The van der Waals surface area contributed by atoms with Gasteiger partial charge in [-0.2, -0.15) is 4.98 Å². The number of carbonyl (C=O) groups excluding carboxylic acids is 1. The maximum atomic E-state index is 13.0. The third kappa shape index (κ3) is 2.59. The average Bonchev–Trinajstić information content (AvgIpc) is 3.48. The molecule has 2 saturated carbocycles. The molecule has 5 rings (SSSR count). The Morgan fingerprint density at radius 2 is 2.04 bits per heavy atom. The van der Waals surface area contributed by atoms with Gasteiger partial charge < -0.3 is 18.9 Å². The minimum absolute atomic E-state index is 0.0283. The van der Waals surface area contributed by atoms with Crippen molar-refractivity contribution in [3.8, 4) is 22.9 Å². The predicted octanol–water partition coefficient (Wildman–Crippen LogP) is 3.07. The summed E-state index contributed by atoms with van der Waals surface area (Å²) in [6.45, 7) is 2.95. The van der Waals surface area contributed by atoms with E-state index in [4.69, 9.17) is 14.0 Å². The molecule has 0 radical (unpaired) electrons. The zero-order chi connectivity index (χ0) is 18.5. The number of amides is 1. The number of hydrogen-bond acceptors (Lipinski definition) is 6. The summed E-state index contributed by atoms with van der Waals surface area (Å²) >= 11 is 0. The SMILES string of the molecule is CCN(C)C(=O)[C@H]1[C@H]2CC[C@H](C2)[C@@H]1c1nc(-c2ccc3c(c2)OCO3)no1. The maximum Gasteiger partial charge on any atom is 0.231 e. The molecule has 1 amide bonds. The Balaban J connectivity index is 1.45. The second-order valence-electron chi connectivity index (χ2n) is 7.76. The van der Waals surface area contributed by atoms with Gasteiger partial charge in [-0.25, -0.2) is 0 Å². The van der Waals surface area contributed by atoms with Crippen molar-refractivity contribution in [3.63, 3.8) is 0 Å². The number of fused-ring (bicyclic) bond motifs is 3. The van der Waals surface area contributed by atoms with Crippen LogP contribution >= 0.6 is 0 Å². The first-order chi connectivity index (χ1) is 13.2. The van der Waals surface area contributed by atoms with Crippen LogP contribution in [0.15, 0.2) is 22.7 Å². The molecule has 2 aliphatic carbocycles. The topological polar surface area (TPSA) is 77.7 Å². The highest BCUT2D eigenvalue weighted by Crippen LogP contribution is 2.57. The number of rotatable bonds is 4. The molecule has 2 aromatic rings. The number of benzene rings is 1. The highest BCUT2D eigenvalue weighted by molar-refractivity contribution is 5.80. The van der Waals surface area contributed by atoms with Gasteiger partial charge in [-0.3, -0.25) is 4.79 Å². The van der Waals surface area contributed by atoms with Crippen molar-refractivity contribution < 1.29 is 18.8 Å². The molecule has 27 heavy (non-hydrogen) atoms. The van der Waals surface area contributed by atoms with E-state index in [-0.39, 0.29) is 24.5 Å². The van der Waals surface area contributed by atoms with Gasteiger partial charge in [0.2, 0.25) is 24.4 Å². The number of nitrogens with zero attached hydrogens (tertiary/aromatic N) is 3. The summed E-state index contributed by atoms with van der Waals surface area (Å²) in [7, 11) is 1.87. The van der Waals surface area contributed by atoms with Crippen molar-refractivity contribution in [3.05, 3.63) is 24.1 Å². The first-order valence-electron chi connectivity index (χ1n) is 9.64. The molecule has 7 nitrogen and oxygen atoms in total. The van der Waals surface area contributed by atoms with E-state index in [1.165, 1.54) is 0 Å². The molecule has 3 aliphatic rings. The molecule has 0 saturated heterocycles. The first kappa shape index (κ1) is 16.6. The fourth-order valence-electron chi connectivity index (χ4n) is 4.94. The van der Waals surface area contributed by atoms with Crippen LogP contribution < -0.4 is 9.47 Å². The summed E-state index contributed by atoms with van der Waals surface area (Å²) in [4.78, 5) is 19.5. The molecule has 1 aliphatic heterocycles. The molecule has 7 heteroatoms. The first-order valence-corrected chi connectivity index (χ1v) is 9.64. The Bertz CT molecular complexity index is 880. The molecule has 2 heterocycles. The summed E-state index contributed by atoms with van der Waals surface area (Å²) in [6, 6.07) is 5.62. The molecule has 142 valence electrons. The fourth-order valence-corrected chi connectivity index (χ4v) is 4.94. The lowest BCUT2D eigenvalue weighted by atomic mass is 9.78. The molecule has 1 aromatic heterocycles. The van der Waals surface area contributed by atoms with Crippen molar-refractivity contribution in [1.29, 1.82) is 0 Å². The van der Waals surface area contributed by atoms with Crippen LogP contribution in [0.5, 0.6) is 11.5 Å². The van der Waals surface area contributed by atoms with Gasteiger partial charge in [-0.15, -0.1) is 0 Å². The largest absolute Gasteiger partial charge is 0.454 e. The molecule has 0 N–H and O–H groups in total. The molecule has 1 aromatic carbocycles. The van der Waals surface area contributed by atoms with Crippen molar-refractivity contribution in [2.45, 2.75) is 32.1 Å². The standard InChI is InChI=1S/C20H23N3O4/c1-3-23(2)20(24)17-12-5-4-11(8-12)16(17)19-21-18(22-27-19)13-6-7-14-15(9-13)26-10-25-14/h6-7,9,11-12,16-17H,3-5,8,10H2,1-2H3/t11-,12+,16+,17+/m1/s1. The van der Waals surface area contributed by atoms with Crippen LogP contribution in [-0.4, -0.2) is 41.3 Å². The van der Waals surface area contributed by atoms with Crippen LogP contribution in [0.1, 0.15) is 38.0 Å². The Kier molecular flexibility index (Phi) is 3.84. The lowest BCUT2D eigenvalue weighted by Crippen LogP contribution is -2.38. The summed E-state index contributed by atoms with van der Waals surface area (Å²) in [5.41, 5.74) is 0.825.